The predicted octanol–water partition coefficient (Wildman–Crippen LogP) is 1.87. The number of carbonyl (C=O) groups excluding carboxylic acids is 1. The third kappa shape index (κ3) is 4.52. The zero-order valence-electron chi connectivity index (χ0n) is 15.6. The lowest BCUT2D eigenvalue weighted by molar-refractivity contribution is -0.136. The summed E-state index contributed by atoms with van der Waals surface area (Å²) in [7, 11) is -3.82. The van der Waals surface area contributed by atoms with Gasteiger partial charge in [0.05, 0.1) is 17.3 Å². The highest BCUT2D eigenvalue weighted by atomic mass is 32.2. The van der Waals surface area contributed by atoms with Crippen LogP contribution < -0.4 is 15.2 Å². The first-order chi connectivity index (χ1) is 12.8. The Kier molecular flexibility index (Phi) is 5.59. The molecule has 9 heteroatoms. The summed E-state index contributed by atoms with van der Waals surface area (Å²) in [5, 5.41) is 0. The zero-order valence-corrected chi connectivity index (χ0v) is 16.5. The molecule has 1 amide bonds. The maximum atomic E-state index is 12.5. The van der Waals surface area contributed by atoms with E-state index in [-0.39, 0.29) is 17.8 Å². The van der Waals surface area contributed by atoms with E-state index in [1.807, 2.05) is 18.7 Å². The molecule has 0 bridgehead atoms. The topological polar surface area (TPSA) is 114 Å². The number of nitrogens with two attached hydrogens (primary N) is 1. The molecule has 0 spiro atoms. The standard InChI is InChI=1S/C18H26N4O4S/c1-12(2)10-16(23)22-9-4-3-6-13(22)11-26-15-8-5-7-14-17(15)18(19)21-27(24,25)20-14/h5,7-8,12-13,20H,3-4,6,9-11H2,1-2H3,(H2,19,21). The fraction of sp³-hybridized carbons (Fsp3) is 0.556. The molecule has 3 N–H and O–H groups in total. The van der Waals surface area contributed by atoms with Crippen molar-refractivity contribution in [2.45, 2.75) is 45.6 Å². The second kappa shape index (κ2) is 7.75. The van der Waals surface area contributed by atoms with Gasteiger partial charge in [0.25, 0.3) is 0 Å². The van der Waals surface area contributed by atoms with Gasteiger partial charge >= 0.3 is 10.2 Å². The molecular formula is C18H26N4O4S. The number of fused-ring (bicyclic) bond motifs is 1. The van der Waals surface area contributed by atoms with Gasteiger partial charge in [-0.2, -0.15) is 8.42 Å². The number of likely N-dealkylation sites (tertiary alicyclic amines) is 1. The van der Waals surface area contributed by atoms with Gasteiger partial charge in [0, 0.05) is 13.0 Å². The number of amides is 1. The first kappa shape index (κ1) is 19.5. The van der Waals surface area contributed by atoms with E-state index in [0.29, 0.717) is 35.9 Å². The Morgan fingerprint density at radius 1 is 1.41 bits per heavy atom. The summed E-state index contributed by atoms with van der Waals surface area (Å²) in [6.07, 6.45) is 3.46. The van der Waals surface area contributed by atoms with E-state index in [1.165, 1.54) is 0 Å². The van der Waals surface area contributed by atoms with Gasteiger partial charge in [0.1, 0.15) is 12.4 Å². The Balaban J connectivity index is 1.76. The van der Waals surface area contributed by atoms with Gasteiger partial charge < -0.3 is 15.4 Å². The third-order valence-electron chi connectivity index (χ3n) is 4.70. The number of carbonyl (C=O) groups is 1. The van der Waals surface area contributed by atoms with Crippen molar-refractivity contribution in [3.8, 4) is 5.75 Å². The summed E-state index contributed by atoms with van der Waals surface area (Å²) in [6, 6.07) is 5.03. The molecule has 27 heavy (non-hydrogen) atoms. The third-order valence-corrected chi connectivity index (χ3v) is 5.62. The van der Waals surface area contributed by atoms with Crippen molar-refractivity contribution in [2.24, 2.45) is 16.0 Å². The lowest BCUT2D eigenvalue weighted by Crippen LogP contribution is -2.47. The van der Waals surface area contributed by atoms with Crippen molar-refractivity contribution in [2.75, 3.05) is 17.9 Å². The van der Waals surface area contributed by atoms with Gasteiger partial charge in [-0.1, -0.05) is 19.9 Å². The Morgan fingerprint density at radius 3 is 2.93 bits per heavy atom. The second-order valence-electron chi connectivity index (χ2n) is 7.38. The van der Waals surface area contributed by atoms with Crippen LogP contribution in [0.25, 0.3) is 0 Å². The number of anilines is 1. The highest BCUT2D eigenvalue weighted by Gasteiger charge is 2.29. The Labute approximate surface area is 160 Å². The summed E-state index contributed by atoms with van der Waals surface area (Å²) in [5.74, 6) is 0.821. The smallest absolute Gasteiger partial charge is 0.344 e. The van der Waals surface area contributed by atoms with Gasteiger partial charge in [-0.15, -0.1) is 4.40 Å². The molecule has 1 saturated heterocycles. The number of benzene rings is 1. The summed E-state index contributed by atoms with van der Waals surface area (Å²) < 4.78 is 35.2. The van der Waals surface area contributed by atoms with Gasteiger partial charge in [0.15, 0.2) is 5.84 Å². The molecule has 3 rings (SSSR count). The van der Waals surface area contributed by atoms with Crippen LogP contribution in [-0.2, 0) is 15.0 Å². The number of hydrogen-bond acceptors (Lipinski definition) is 5. The number of piperidine rings is 1. The SMILES string of the molecule is CC(C)CC(=O)N1CCCCC1COc1cccc2c1C(N)=NS(=O)(=O)N2. The molecule has 2 heterocycles. The monoisotopic (exact) mass is 394 g/mol. The minimum absolute atomic E-state index is 0.000647. The van der Waals surface area contributed by atoms with Crippen molar-refractivity contribution >= 4 is 27.6 Å². The van der Waals surface area contributed by atoms with Crippen LogP contribution in [0.3, 0.4) is 0 Å². The van der Waals surface area contributed by atoms with E-state index < -0.39 is 10.2 Å². The Morgan fingerprint density at radius 2 is 2.19 bits per heavy atom. The maximum Gasteiger partial charge on any atom is 0.344 e. The maximum absolute atomic E-state index is 12.5. The number of ether oxygens (including phenoxy) is 1. The minimum atomic E-state index is -3.82. The number of amidine groups is 1. The molecule has 2 aliphatic heterocycles. The highest BCUT2D eigenvalue weighted by molar-refractivity contribution is 7.91. The van der Waals surface area contributed by atoms with Crippen molar-refractivity contribution in [1.82, 2.24) is 4.90 Å². The lowest BCUT2D eigenvalue weighted by Gasteiger charge is -2.36. The largest absolute Gasteiger partial charge is 0.491 e. The van der Waals surface area contributed by atoms with Crippen LogP contribution >= 0.6 is 0 Å². The van der Waals surface area contributed by atoms with Crippen LogP contribution in [0, 0.1) is 5.92 Å². The van der Waals surface area contributed by atoms with Crippen molar-refractivity contribution in [1.29, 1.82) is 0 Å². The fourth-order valence-corrected chi connectivity index (χ4v) is 4.34. The van der Waals surface area contributed by atoms with Crippen LogP contribution in [0.2, 0.25) is 0 Å². The molecule has 1 fully saturated rings. The molecule has 8 nitrogen and oxygen atoms in total. The number of nitrogens with zero attached hydrogens (tertiary/aromatic N) is 2. The van der Waals surface area contributed by atoms with Crippen LogP contribution in [0.4, 0.5) is 5.69 Å². The molecule has 1 aromatic carbocycles. The molecule has 1 atom stereocenters. The molecule has 1 unspecified atom stereocenters. The lowest BCUT2D eigenvalue weighted by atomic mass is 10.0. The van der Waals surface area contributed by atoms with E-state index in [4.69, 9.17) is 10.5 Å². The molecular weight excluding hydrogens is 368 g/mol. The van der Waals surface area contributed by atoms with Crippen LogP contribution in [0.15, 0.2) is 22.6 Å². The van der Waals surface area contributed by atoms with Gasteiger partial charge in [0.2, 0.25) is 5.91 Å². The van der Waals surface area contributed by atoms with Crippen molar-refractivity contribution < 1.29 is 17.9 Å². The first-order valence-electron chi connectivity index (χ1n) is 9.20. The molecule has 0 radical (unpaired) electrons. The van der Waals surface area contributed by atoms with E-state index in [0.717, 1.165) is 25.8 Å². The highest BCUT2D eigenvalue weighted by Crippen LogP contribution is 2.31. The van der Waals surface area contributed by atoms with Crippen LogP contribution in [0.5, 0.6) is 5.75 Å². The van der Waals surface area contributed by atoms with Crippen molar-refractivity contribution in [3.63, 3.8) is 0 Å². The van der Waals surface area contributed by atoms with E-state index >= 15 is 0 Å². The summed E-state index contributed by atoms with van der Waals surface area (Å²) in [5.41, 5.74) is 6.63. The average Bonchev–Trinajstić information content (AvgIpc) is 2.58. The predicted molar refractivity (Wildman–Crippen MR) is 104 cm³/mol. The Hall–Kier alpha value is -2.29. The van der Waals surface area contributed by atoms with E-state index in [9.17, 15) is 13.2 Å². The number of nitrogens with one attached hydrogen (secondary N) is 1. The van der Waals surface area contributed by atoms with E-state index in [1.54, 1.807) is 18.2 Å². The first-order valence-corrected chi connectivity index (χ1v) is 10.6. The molecule has 1 aromatic rings. The Bertz CT molecular complexity index is 851. The second-order valence-corrected chi connectivity index (χ2v) is 8.71. The number of rotatable bonds is 5. The van der Waals surface area contributed by atoms with Crippen molar-refractivity contribution in [3.05, 3.63) is 23.8 Å². The van der Waals surface area contributed by atoms with Gasteiger partial charge in [-0.25, -0.2) is 0 Å². The zero-order chi connectivity index (χ0) is 19.6. The molecule has 0 aliphatic carbocycles. The molecule has 148 valence electrons. The van der Waals surface area contributed by atoms with E-state index in [2.05, 4.69) is 9.12 Å². The molecule has 0 saturated carbocycles. The average molecular weight is 394 g/mol. The summed E-state index contributed by atoms with van der Waals surface area (Å²) in [4.78, 5) is 14.5. The number of hydrogen-bond donors (Lipinski definition) is 2. The summed E-state index contributed by atoms with van der Waals surface area (Å²) in [6.45, 7) is 5.15. The quantitative estimate of drug-likeness (QED) is 0.791. The normalized spacial score (nSPS) is 21.2. The fourth-order valence-electron chi connectivity index (χ4n) is 3.49. The molecule has 0 aromatic heterocycles. The van der Waals surface area contributed by atoms with Crippen LogP contribution in [-0.4, -0.2) is 44.3 Å². The minimum Gasteiger partial charge on any atom is -0.491 e. The van der Waals surface area contributed by atoms with Crippen LogP contribution in [0.1, 0.15) is 45.1 Å². The summed E-state index contributed by atoms with van der Waals surface area (Å²) >= 11 is 0. The van der Waals surface area contributed by atoms with Gasteiger partial charge in [-0.05, 0) is 37.3 Å². The molecule has 2 aliphatic rings. The van der Waals surface area contributed by atoms with Gasteiger partial charge in [-0.3, -0.25) is 9.52 Å².